The van der Waals surface area contributed by atoms with E-state index in [1.165, 1.54) is 0 Å². The summed E-state index contributed by atoms with van der Waals surface area (Å²) in [6.45, 7) is 4.52. The summed E-state index contributed by atoms with van der Waals surface area (Å²) < 4.78 is 1.83. The predicted molar refractivity (Wildman–Crippen MR) is 63.9 cm³/mol. The van der Waals surface area contributed by atoms with Gasteiger partial charge in [-0.25, -0.2) is 0 Å². The molecule has 5 heteroatoms. The monoisotopic (exact) mass is 244 g/mol. The molecule has 0 saturated carbocycles. The molecule has 4 nitrogen and oxygen atoms in total. The quantitative estimate of drug-likeness (QED) is 0.777. The Bertz CT molecular complexity index is 361. The molecule has 1 heterocycles. The Morgan fingerprint density at radius 3 is 2.88 bits per heavy atom. The van der Waals surface area contributed by atoms with Gasteiger partial charge in [0.2, 0.25) is 0 Å². The number of halogens is 1. The lowest BCUT2D eigenvalue weighted by Crippen LogP contribution is -2.27. The molecule has 1 aromatic rings. The highest BCUT2D eigenvalue weighted by molar-refractivity contribution is 6.31. The number of aliphatic hydroxyl groups excluding tert-OH is 1. The third-order valence-corrected chi connectivity index (χ3v) is 2.43. The van der Waals surface area contributed by atoms with Gasteiger partial charge < -0.3 is 15.0 Å². The van der Waals surface area contributed by atoms with Crippen LogP contribution in [0.5, 0.6) is 0 Å². The highest BCUT2D eigenvalue weighted by Gasteiger charge is 2.14. The third kappa shape index (κ3) is 3.25. The minimum Gasteiger partial charge on any atom is -0.396 e. The number of hydrogen-bond acceptors (Lipinski definition) is 2. The van der Waals surface area contributed by atoms with Crippen molar-refractivity contribution < 1.29 is 9.90 Å². The second-order valence-electron chi connectivity index (χ2n) is 3.88. The van der Waals surface area contributed by atoms with Crippen LogP contribution in [0.2, 0.25) is 5.02 Å². The molecule has 0 aromatic carbocycles. The Labute approximate surface area is 100 Å². The highest BCUT2D eigenvalue weighted by Crippen LogP contribution is 2.18. The Kier molecular flexibility index (Phi) is 4.83. The van der Waals surface area contributed by atoms with Crippen LogP contribution in [0.4, 0.5) is 0 Å². The number of carbonyl (C=O) groups excluding carboxylic acids is 1. The lowest BCUT2D eigenvalue weighted by molar-refractivity contribution is 0.0940. The molecule has 0 radical (unpaired) electrons. The Hall–Kier alpha value is -1.00. The second kappa shape index (κ2) is 5.92. The first-order valence-electron chi connectivity index (χ1n) is 5.32. The van der Waals surface area contributed by atoms with E-state index in [0.717, 1.165) is 0 Å². The van der Waals surface area contributed by atoms with Gasteiger partial charge in [-0.3, -0.25) is 4.79 Å². The van der Waals surface area contributed by atoms with Gasteiger partial charge >= 0.3 is 0 Å². The number of aromatic nitrogens is 1. The van der Waals surface area contributed by atoms with Gasteiger partial charge in [-0.15, -0.1) is 0 Å². The van der Waals surface area contributed by atoms with Gasteiger partial charge in [-0.1, -0.05) is 11.6 Å². The van der Waals surface area contributed by atoms with E-state index < -0.39 is 0 Å². The third-order valence-electron chi connectivity index (χ3n) is 2.22. The van der Waals surface area contributed by atoms with Crippen LogP contribution in [0.15, 0.2) is 12.3 Å². The number of aliphatic hydroxyl groups is 1. The van der Waals surface area contributed by atoms with Crippen molar-refractivity contribution in [1.82, 2.24) is 9.88 Å². The van der Waals surface area contributed by atoms with Crippen LogP contribution in [-0.4, -0.2) is 28.7 Å². The molecule has 0 spiro atoms. The molecule has 0 atom stereocenters. The second-order valence-corrected chi connectivity index (χ2v) is 4.31. The summed E-state index contributed by atoms with van der Waals surface area (Å²) in [4.78, 5) is 11.8. The minimum absolute atomic E-state index is 0.0756. The highest BCUT2D eigenvalue weighted by atomic mass is 35.5. The number of rotatable bonds is 5. The van der Waals surface area contributed by atoms with Gasteiger partial charge in [0.05, 0.1) is 5.02 Å². The van der Waals surface area contributed by atoms with Crippen molar-refractivity contribution in [2.24, 2.45) is 0 Å². The fourth-order valence-electron chi connectivity index (χ4n) is 1.43. The van der Waals surface area contributed by atoms with Gasteiger partial charge in [-0.2, -0.15) is 0 Å². The smallest absolute Gasteiger partial charge is 0.267 e. The molecule has 0 aliphatic carbocycles. The number of amides is 1. The molecule has 0 aliphatic heterocycles. The summed E-state index contributed by atoms with van der Waals surface area (Å²) in [6.07, 6.45) is 2.30. The average molecular weight is 245 g/mol. The molecular formula is C11H17ClN2O2. The van der Waals surface area contributed by atoms with E-state index in [1.807, 2.05) is 18.4 Å². The maximum Gasteiger partial charge on any atom is 0.267 e. The summed E-state index contributed by atoms with van der Waals surface area (Å²) in [5.41, 5.74) is 0.554. The van der Waals surface area contributed by atoms with E-state index in [-0.39, 0.29) is 18.6 Å². The lowest BCUT2D eigenvalue weighted by Gasteiger charge is -2.12. The standard InChI is InChI=1S/C11H17ClN2O2/c1-8(2)14-7-9(12)6-10(14)11(16)13-4-3-5-15/h6-8,15H,3-5H2,1-2H3,(H,13,16). The molecule has 1 amide bonds. The number of nitrogens with zero attached hydrogens (tertiary/aromatic N) is 1. The molecule has 0 unspecified atom stereocenters. The molecule has 2 N–H and O–H groups in total. The maximum atomic E-state index is 11.8. The zero-order valence-electron chi connectivity index (χ0n) is 9.53. The molecule has 0 saturated heterocycles. The predicted octanol–water partition coefficient (Wildman–Crippen LogP) is 1.83. The van der Waals surface area contributed by atoms with Crippen molar-refractivity contribution in [3.05, 3.63) is 23.0 Å². The number of carbonyl (C=O) groups is 1. The first-order valence-corrected chi connectivity index (χ1v) is 5.70. The fourth-order valence-corrected chi connectivity index (χ4v) is 1.63. The summed E-state index contributed by atoms with van der Waals surface area (Å²) in [7, 11) is 0. The van der Waals surface area contributed by atoms with Crippen molar-refractivity contribution in [3.8, 4) is 0 Å². The Morgan fingerprint density at radius 1 is 1.62 bits per heavy atom. The van der Waals surface area contributed by atoms with Gasteiger partial charge in [0.25, 0.3) is 5.91 Å². The van der Waals surface area contributed by atoms with Crippen LogP contribution in [0.25, 0.3) is 0 Å². The van der Waals surface area contributed by atoms with E-state index >= 15 is 0 Å². The van der Waals surface area contributed by atoms with Crippen LogP contribution < -0.4 is 5.32 Å². The van der Waals surface area contributed by atoms with Crippen molar-refractivity contribution in [2.75, 3.05) is 13.2 Å². The van der Waals surface area contributed by atoms with Gasteiger partial charge in [0, 0.05) is 25.4 Å². The fraction of sp³-hybridized carbons (Fsp3) is 0.545. The molecule has 90 valence electrons. The van der Waals surface area contributed by atoms with Crippen molar-refractivity contribution in [3.63, 3.8) is 0 Å². The first kappa shape index (κ1) is 13.1. The lowest BCUT2D eigenvalue weighted by atomic mass is 10.3. The topological polar surface area (TPSA) is 54.3 Å². The minimum atomic E-state index is -0.158. The van der Waals surface area contributed by atoms with Crippen LogP contribution >= 0.6 is 11.6 Å². The Morgan fingerprint density at radius 2 is 2.31 bits per heavy atom. The van der Waals surface area contributed by atoms with Crippen molar-refractivity contribution in [2.45, 2.75) is 26.3 Å². The summed E-state index contributed by atoms with van der Waals surface area (Å²) in [5.74, 6) is -0.158. The SMILES string of the molecule is CC(C)n1cc(Cl)cc1C(=O)NCCCO. The summed E-state index contributed by atoms with van der Waals surface area (Å²) >= 11 is 5.87. The van der Waals surface area contributed by atoms with Crippen LogP contribution in [0.3, 0.4) is 0 Å². The van der Waals surface area contributed by atoms with E-state index in [9.17, 15) is 4.79 Å². The van der Waals surface area contributed by atoms with E-state index in [1.54, 1.807) is 12.3 Å². The van der Waals surface area contributed by atoms with Gasteiger partial charge in [0.1, 0.15) is 5.69 Å². The zero-order chi connectivity index (χ0) is 12.1. The molecule has 0 aliphatic rings. The van der Waals surface area contributed by atoms with Gasteiger partial charge in [0.15, 0.2) is 0 Å². The zero-order valence-corrected chi connectivity index (χ0v) is 10.3. The van der Waals surface area contributed by atoms with Crippen molar-refractivity contribution in [1.29, 1.82) is 0 Å². The molecule has 0 fully saturated rings. The van der Waals surface area contributed by atoms with Gasteiger partial charge in [-0.05, 0) is 26.3 Å². The summed E-state index contributed by atoms with van der Waals surface area (Å²) in [6, 6.07) is 1.83. The van der Waals surface area contributed by atoms with Crippen LogP contribution in [0.1, 0.15) is 36.8 Å². The van der Waals surface area contributed by atoms with Crippen molar-refractivity contribution >= 4 is 17.5 Å². The molecule has 1 rings (SSSR count). The van der Waals surface area contributed by atoms with Crippen LogP contribution in [-0.2, 0) is 0 Å². The molecule has 1 aromatic heterocycles. The van der Waals surface area contributed by atoms with E-state index in [4.69, 9.17) is 16.7 Å². The normalized spacial score (nSPS) is 10.8. The first-order chi connectivity index (χ1) is 7.56. The molecule has 16 heavy (non-hydrogen) atoms. The van der Waals surface area contributed by atoms with E-state index in [2.05, 4.69) is 5.32 Å². The van der Waals surface area contributed by atoms with E-state index in [0.29, 0.717) is 23.7 Å². The van der Waals surface area contributed by atoms with Crippen LogP contribution in [0, 0.1) is 0 Å². The number of nitrogens with one attached hydrogen (secondary N) is 1. The average Bonchev–Trinajstić information content (AvgIpc) is 2.61. The molecular weight excluding hydrogens is 228 g/mol. The summed E-state index contributed by atoms with van der Waals surface area (Å²) in [5, 5.41) is 11.9. The molecule has 0 bridgehead atoms. The maximum absolute atomic E-state index is 11.8. The number of hydrogen-bond donors (Lipinski definition) is 2. The Balaban J connectivity index is 2.74. The largest absolute Gasteiger partial charge is 0.396 e.